The molecule has 21 heavy (non-hydrogen) atoms. The molecule has 4 nitrogen and oxygen atoms in total. The van der Waals surface area contributed by atoms with Crippen LogP contribution in [0, 0.1) is 6.92 Å². The van der Waals surface area contributed by atoms with E-state index >= 15 is 0 Å². The predicted molar refractivity (Wildman–Crippen MR) is 87.3 cm³/mol. The number of ether oxygens (including phenoxy) is 1. The number of nitrogens with two attached hydrogens (primary N) is 1. The average Bonchev–Trinajstić information content (AvgIpc) is 2.48. The van der Waals surface area contributed by atoms with Crippen LogP contribution >= 0.6 is 15.9 Å². The number of carbonyl (C=O) groups excluding carboxylic acids is 1. The first kappa shape index (κ1) is 15.5. The molecule has 0 aliphatic heterocycles. The van der Waals surface area contributed by atoms with Gasteiger partial charge in [-0.2, -0.15) is 0 Å². The second-order valence-electron chi connectivity index (χ2n) is 4.62. The van der Waals surface area contributed by atoms with Crippen molar-refractivity contribution in [3.63, 3.8) is 0 Å². The van der Waals surface area contributed by atoms with Crippen LogP contribution in [0.4, 0.5) is 5.69 Å². The number of anilines is 1. The minimum Gasteiger partial charge on any atom is -0.483 e. The number of amides is 1. The van der Waals surface area contributed by atoms with Crippen molar-refractivity contribution in [3.8, 4) is 5.75 Å². The molecule has 1 amide bonds. The van der Waals surface area contributed by atoms with Crippen molar-refractivity contribution < 1.29 is 9.53 Å². The van der Waals surface area contributed by atoms with E-state index in [0.29, 0.717) is 12.3 Å². The van der Waals surface area contributed by atoms with Crippen molar-refractivity contribution in [2.24, 2.45) is 5.73 Å². The van der Waals surface area contributed by atoms with E-state index in [1.165, 1.54) is 0 Å². The lowest BCUT2D eigenvalue weighted by Crippen LogP contribution is -2.20. The highest BCUT2D eigenvalue weighted by Crippen LogP contribution is 2.26. The maximum absolute atomic E-state index is 11.9. The molecular formula is C16H17BrN2O2. The summed E-state index contributed by atoms with van der Waals surface area (Å²) < 4.78 is 6.30. The molecule has 0 radical (unpaired) electrons. The van der Waals surface area contributed by atoms with Gasteiger partial charge in [-0.3, -0.25) is 4.79 Å². The van der Waals surface area contributed by atoms with Crippen LogP contribution in [-0.2, 0) is 11.3 Å². The van der Waals surface area contributed by atoms with Gasteiger partial charge in [0.15, 0.2) is 6.61 Å². The molecule has 3 N–H and O–H groups in total. The molecule has 0 saturated heterocycles. The number of carbonyl (C=O) groups is 1. The average molecular weight is 349 g/mol. The lowest BCUT2D eigenvalue weighted by molar-refractivity contribution is -0.118. The fraction of sp³-hybridized carbons (Fsp3) is 0.188. The van der Waals surface area contributed by atoms with E-state index in [4.69, 9.17) is 10.5 Å². The number of halogens is 1. The fourth-order valence-electron chi connectivity index (χ4n) is 1.83. The SMILES string of the molecule is Cc1ccccc1NC(=O)COc1ccc(CN)cc1Br. The maximum Gasteiger partial charge on any atom is 0.262 e. The molecule has 5 heteroatoms. The molecule has 0 unspecified atom stereocenters. The van der Waals surface area contributed by atoms with Crippen LogP contribution in [0.1, 0.15) is 11.1 Å². The number of hydrogen-bond acceptors (Lipinski definition) is 3. The van der Waals surface area contributed by atoms with E-state index in [1.807, 2.05) is 43.3 Å². The molecular weight excluding hydrogens is 332 g/mol. The molecule has 0 bridgehead atoms. The first-order valence-electron chi connectivity index (χ1n) is 6.57. The van der Waals surface area contributed by atoms with Gasteiger partial charge in [0.05, 0.1) is 4.47 Å². The van der Waals surface area contributed by atoms with Gasteiger partial charge in [-0.25, -0.2) is 0 Å². The monoisotopic (exact) mass is 348 g/mol. The minimum atomic E-state index is -0.195. The summed E-state index contributed by atoms with van der Waals surface area (Å²) in [6, 6.07) is 13.2. The van der Waals surface area contributed by atoms with Crippen LogP contribution < -0.4 is 15.8 Å². The number of aryl methyl sites for hydroxylation is 1. The summed E-state index contributed by atoms with van der Waals surface area (Å²) in [6.07, 6.45) is 0. The normalized spacial score (nSPS) is 10.2. The van der Waals surface area contributed by atoms with Crippen LogP contribution in [-0.4, -0.2) is 12.5 Å². The van der Waals surface area contributed by atoms with Crippen LogP contribution in [0.3, 0.4) is 0 Å². The summed E-state index contributed by atoms with van der Waals surface area (Å²) in [5.74, 6) is 0.422. The Morgan fingerprint density at radius 2 is 2.05 bits per heavy atom. The lowest BCUT2D eigenvalue weighted by atomic mass is 10.2. The number of rotatable bonds is 5. The first-order valence-corrected chi connectivity index (χ1v) is 7.36. The second-order valence-corrected chi connectivity index (χ2v) is 5.48. The highest BCUT2D eigenvalue weighted by atomic mass is 79.9. The Morgan fingerprint density at radius 3 is 2.71 bits per heavy atom. The highest BCUT2D eigenvalue weighted by molar-refractivity contribution is 9.10. The van der Waals surface area contributed by atoms with Gasteiger partial charge in [0.25, 0.3) is 5.91 Å². The van der Waals surface area contributed by atoms with E-state index in [-0.39, 0.29) is 12.5 Å². The molecule has 0 saturated carbocycles. The number of hydrogen-bond donors (Lipinski definition) is 2. The molecule has 2 aromatic carbocycles. The molecule has 110 valence electrons. The van der Waals surface area contributed by atoms with Gasteiger partial charge in [0.1, 0.15) is 5.75 Å². The van der Waals surface area contributed by atoms with Gasteiger partial charge < -0.3 is 15.8 Å². The second kappa shape index (κ2) is 7.24. The fourth-order valence-corrected chi connectivity index (χ4v) is 2.37. The summed E-state index contributed by atoms with van der Waals surface area (Å²) >= 11 is 3.40. The summed E-state index contributed by atoms with van der Waals surface area (Å²) in [7, 11) is 0. The van der Waals surface area contributed by atoms with Crippen LogP contribution in [0.15, 0.2) is 46.9 Å². The number of benzene rings is 2. The summed E-state index contributed by atoms with van der Waals surface area (Å²) in [5, 5.41) is 2.82. The van der Waals surface area contributed by atoms with E-state index in [9.17, 15) is 4.79 Å². The van der Waals surface area contributed by atoms with Gasteiger partial charge in [-0.05, 0) is 52.2 Å². The van der Waals surface area contributed by atoms with Crippen molar-refractivity contribution in [1.82, 2.24) is 0 Å². The van der Waals surface area contributed by atoms with Crippen molar-refractivity contribution in [2.75, 3.05) is 11.9 Å². The smallest absolute Gasteiger partial charge is 0.262 e. The minimum absolute atomic E-state index is 0.0467. The van der Waals surface area contributed by atoms with Crippen LogP contribution in [0.5, 0.6) is 5.75 Å². The molecule has 0 aliphatic rings. The Kier molecular flexibility index (Phi) is 5.36. The first-order chi connectivity index (χ1) is 10.1. The van der Waals surface area contributed by atoms with Crippen LogP contribution in [0.2, 0.25) is 0 Å². The maximum atomic E-state index is 11.9. The molecule has 0 aromatic heterocycles. The Hall–Kier alpha value is -1.85. The Labute approximate surface area is 132 Å². The summed E-state index contributed by atoms with van der Waals surface area (Å²) in [6.45, 7) is 2.36. The topological polar surface area (TPSA) is 64.3 Å². The standard InChI is InChI=1S/C16H17BrN2O2/c1-11-4-2-3-5-14(11)19-16(20)10-21-15-7-6-12(9-18)8-13(15)17/h2-8H,9-10,18H2,1H3,(H,19,20). The Balaban J connectivity index is 1.94. The van der Waals surface area contributed by atoms with Gasteiger partial charge in [0.2, 0.25) is 0 Å². The molecule has 0 atom stereocenters. The number of nitrogens with one attached hydrogen (secondary N) is 1. The third-order valence-electron chi connectivity index (χ3n) is 3.01. The largest absolute Gasteiger partial charge is 0.483 e. The molecule has 0 spiro atoms. The van der Waals surface area contributed by atoms with Gasteiger partial charge in [0, 0.05) is 12.2 Å². The Morgan fingerprint density at radius 1 is 1.29 bits per heavy atom. The van der Waals surface area contributed by atoms with E-state index in [0.717, 1.165) is 21.3 Å². The summed E-state index contributed by atoms with van der Waals surface area (Å²) in [4.78, 5) is 11.9. The molecule has 0 aliphatic carbocycles. The number of para-hydroxylation sites is 1. The van der Waals surface area contributed by atoms with E-state index in [2.05, 4.69) is 21.2 Å². The zero-order valence-corrected chi connectivity index (χ0v) is 13.3. The quantitative estimate of drug-likeness (QED) is 0.871. The third-order valence-corrected chi connectivity index (χ3v) is 3.63. The van der Waals surface area contributed by atoms with E-state index < -0.39 is 0 Å². The molecule has 2 rings (SSSR count). The summed E-state index contributed by atoms with van der Waals surface area (Å²) in [5.41, 5.74) is 8.37. The van der Waals surface area contributed by atoms with Gasteiger partial charge >= 0.3 is 0 Å². The third kappa shape index (κ3) is 4.31. The highest BCUT2D eigenvalue weighted by Gasteiger charge is 2.07. The lowest BCUT2D eigenvalue weighted by Gasteiger charge is -2.11. The molecule has 0 heterocycles. The predicted octanol–water partition coefficient (Wildman–Crippen LogP) is 3.23. The van der Waals surface area contributed by atoms with Crippen molar-refractivity contribution >= 4 is 27.5 Å². The van der Waals surface area contributed by atoms with Gasteiger partial charge in [-0.15, -0.1) is 0 Å². The van der Waals surface area contributed by atoms with Gasteiger partial charge in [-0.1, -0.05) is 24.3 Å². The molecule has 0 fully saturated rings. The van der Waals surface area contributed by atoms with E-state index in [1.54, 1.807) is 6.07 Å². The van der Waals surface area contributed by atoms with Crippen molar-refractivity contribution in [1.29, 1.82) is 0 Å². The van der Waals surface area contributed by atoms with Crippen molar-refractivity contribution in [3.05, 3.63) is 58.1 Å². The zero-order valence-electron chi connectivity index (χ0n) is 11.7. The van der Waals surface area contributed by atoms with Crippen LogP contribution in [0.25, 0.3) is 0 Å². The zero-order chi connectivity index (χ0) is 15.2. The molecule has 2 aromatic rings. The Bertz CT molecular complexity index is 644. The van der Waals surface area contributed by atoms with Crippen molar-refractivity contribution in [2.45, 2.75) is 13.5 Å².